The van der Waals surface area contributed by atoms with Crippen molar-refractivity contribution in [1.29, 1.82) is 0 Å². The SMILES string of the molecule is CCC[C@H]1Cc2ccccc2[C@@](C)(NC)c2ccccc21. The molecule has 1 nitrogen and oxygen atoms in total. The molecular formula is C20H25N. The summed E-state index contributed by atoms with van der Waals surface area (Å²) in [4.78, 5) is 0. The van der Waals surface area contributed by atoms with Gasteiger partial charge in [0.1, 0.15) is 0 Å². The molecule has 0 saturated heterocycles. The first-order valence-corrected chi connectivity index (χ1v) is 8.07. The van der Waals surface area contributed by atoms with Crippen LogP contribution in [-0.2, 0) is 12.0 Å². The van der Waals surface area contributed by atoms with Gasteiger partial charge in [0.25, 0.3) is 0 Å². The Labute approximate surface area is 128 Å². The molecule has 2 aromatic carbocycles. The summed E-state index contributed by atoms with van der Waals surface area (Å²) in [7, 11) is 2.08. The highest BCUT2D eigenvalue weighted by atomic mass is 14.9. The maximum Gasteiger partial charge on any atom is 0.0664 e. The second-order valence-electron chi connectivity index (χ2n) is 6.31. The van der Waals surface area contributed by atoms with Crippen LogP contribution in [0, 0.1) is 0 Å². The van der Waals surface area contributed by atoms with Gasteiger partial charge in [0.2, 0.25) is 0 Å². The Bertz CT molecular complexity index is 631. The fourth-order valence-electron chi connectivity index (χ4n) is 3.89. The molecule has 1 aliphatic rings. The molecule has 2 aromatic rings. The molecule has 1 aliphatic carbocycles. The lowest BCUT2D eigenvalue weighted by molar-refractivity contribution is 0.481. The zero-order valence-electron chi connectivity index (χ0n) is 13.3. The molecule has 3 rings (SSSR count). The molecule has 0 unspecified atom stereocenters. The minimum absolute atomic E-state index is 0.102. The van der Waals surface area contributed by atoms with Gasteiger partial charge in [0.05, 0.1) is 5.54 Å². The topological polar surface area (TPSA) is 12.0 Å². The molecule has 1 heteroatoms. The second kappa shape index (κ2) is 5.65. The summed E-state index contributed by atoms with van der Waals surface area (Å²) in [6.45, 7) is 4.61. The van der Waals surface area contributed by atoms with Gasteiger partial charge in [-0.25, -0.2) is 0 Å². The van der Waals surface area contributed by atoms with E-state index in [0.717, 1.165) is 6.42 Å². The first kappa shape index (κ1) is 14.3. The van der Waals surface area contributed by atoms with Crippen molar-refractivity contribution in [3.63, 3.8) is 0 Å². The Hall–Kier alpha value is -1.60. The van der Waals surface area contributed by atoms with E-state index < -0.39 is 0 Å². The van der Waals surface area contributed by atoms with Gasteiger partial charge >= 0.3 is 0 Å². The van der Waals surface area contributed by atoms with Gasteiger partial charge < -0.3 is 5.32 Å². The summed E-state index contributed by atoms with van der Waals surface area (Å²) in [6.07, 6.45) is 3.64. The van der Waals surface area contributed by atoms with E-state index in [1.165, 1.54) is 35.1 Å². The van der Waals surface area contributed by atoms with Gasteiger partial charge in [-0.05, 0) is 55.0 Å². The Morgan fingerprint density at radius 1 is 1.05 bits per heavy atom. The van der Waals surface area contributed by atoms with E-state index in [0.29, 0.717) is 5.92 Å². The number of rotatable bonds is 3. The monoisotopic (exact) mass is 279 g/mol. The van der Waals surface area contributed by atoms with E-state index in [1.807, 2.05) is 0 Å². The van der Waals surface area contributed by atoms with Crippen LogP contribution in [0.3, 0.4) is 0 Å². The van der Waals surface area contributed by atoms with Crippen LogP contribution in [0.1, 0.15) is 54.9 Å². The first-order valence-electron chi connectivity index (χ1n) is 8.07. The third-order valence-electron chi connectivity index (χ3n) is 5.10. The molecule has 0 aromatic heterocycles. The molecule has 0 amide bonds. The highest BCUT2D eigenvalue weighted by molar-refractivity contribution is 5.50. The van der Waals surface area contributed by atoms with Crippen LogP contribution in [-0.4, -0.2) is 7.05 Å². The normalized spacial score (nSPS) is 24.0. The van der Waals surface area contributed by atoms with Crippen LogP contribution in [0.4, 0.5) is 0 Å². The standard InChI is InChI=1S/C20H25N/c1-4-9-15-14-16-10-5-7-12-18(16)20(2,21-3)19-13-8-6-11-17(15)19/h5-8,10-13,15,21H,4,9,14H2,1-3H3/t15-,20+/m0/s1. The predicted octanol–water partition coefficient (Wildman–Crippen LogP) is 4.61. The van der Waals surface area contributed by atoms with E-state index >= 15 is 0 Å². The molecule has 0 aliphatic heterocycles. The molecular weight excluding hydrogens is 254 g/mol. The molecule has 2 atom stereocenters. The quantitative estimate of drug-likeness (QED) is 0.865. The van der Waals surface area contributed by atoms with Crippen molar-refractivity contribution in [1.82, 2.24) is 5.32 Å². The summed E-state index contributed by atoms with van der Waals surface area (Å²) in [6, 6.07) is 17.9. The van der Waals surface area contributed by atoms with Gasteiger partial charge in [0.15, 0.2) is 0 Å². The number of hydrogen-bond donors (Lipinski definition) is 1. The zero-order valence-corrected chi connectivity index (χ0v) is 13.3. The number of nitrogens with one attached hydrogen (secondary N) is 1. The molecule has 0 radical (unpaired) electrons. The fourth-order valence-corrected chi connectivity index (χ4v) is 3.89. The zero-order chi connectivity index (χ0) is 14.9. The largest absolute Gasteiger partial charge is 0.307 e. The van der Waals surface area contributed by atoms with Gasteiger partial charge in [-0.2, -0.15) is 0 Å². The molecule has 0 heterocycles. The lowest BCUT2D eigenvalue weighted by atomic mass is 9.81. The Balaban J connectivity index is 2.26. The van der Waals surface area contributed by atoms with Gasteiger partial charge in [-0.3, -0.25) is 0 Å². The van der Waals surface area contributed by atoms with Gasteiger partial charge in [-0.15, -0.1) is 0 Å². The van der Waals surface area contributed by atoms with E-state index in [2.05, 4.69) is 74.7 Å². The molecule has 1 N–H and O–H groups in total. The van der Waals surface area contributed by atoms with E-state index in [-0.39, 0.29) is 5.54 Å². The Morgan fingerprint density at radius 2 is 1.71 bits per heavy atom. The minimum Gasteiger partial charge on any atom is -0.307 e. The molecule has 0 fully saturated rings. The van der Waals surface area contributed by atoms with Crippen molar-refractivity contribution in [3.8, 4) is 0 Å². The summed E-state index contributed by atoms with van der Waals surface area (Å²) in [5.74, 6) is 0.627. The van der Waals surface area contributed by atoms with Crippen molar-refractivity contribution >= 4 is 0 Å². The molecule has 0 bridgehead atoms. The van der Waals surface area contributed by atoms with Crippen LogP contribution in [0.5, 0.6) is 0 Å². The van der Waals surface area contributed by atoms with Gasteiger partial charge in [-0.1, -0.05) is 61.9 Å². The second-order valence-corrected chi connectivity index (χ2v) is 6.31. The first-order chi connectivity index (χ1) is 10.2. The predicted molar refractivity (Wildman–Crippen MR) is 89.8 cm³/mol. The Morgan fingerprint density at radius 3 is 2.43 bits per heavy atom. The van der Waals surface area contributed by atoms with Crippen molar-refractivity contribution < 1.29 is 0 Å². The highest BCUT2D eigenvalue weighted by Gasteiger charge is 2.35. The molecule has 0 saturated carbocycles. The number of hydrogen-bond acceptors (Lipinski definition) is 1. The summed E-state index contributed by atoms with van der Waals surface area (Å²) in [5.41, 5.74) is 5.78. The average Bonchev–Trinajstić information content (AvgIpc) is 2.63. The minimum atomic E-state index is -0.102. The number of benzene rings is 2. The van der Waals surface area contributed by atoms with Crippen LogP contribution in [0.2, 0.25) is 0 Å². The van der Waals surface area contributed by atoms with E-state index in [4.69, 9.17) is 0 Å². The lowest BCUT2D eigenvalue weighted by Crippen LogP contribution is -2.38. The third kappa shape index (κ3) is 2.30. The van der Waals surface area contributed by atoms with Gasteiger partial charge in [0, 0.05) is 0 Å². The van der Waals surface area contributed by atoms with Crippen LogP contribution >= 0.6 is 0 Å². The lowest BCUT2D eigenvalue weighted by Gasteiger charge is -2.32. The van der Waals surface area contributed by atoms with Crippen molar-refractivity contribution in [2.24, 2.45) is 0 Å². The summed E-state index contributed by atoms with van der Waals surface area (Å²) in [5, 5.41) is 3.60. The molecule has 0 spiro atoms. The molecule has 110 valence electrons. The van der Waals surface area contributed by atoms with Crippen molar-refractivity contribution in [2.75, 3.05) is 7.05 Å². The number of fused-ring (bicyclic) bond motifs is 2. The average molecular weight is 279 g/mol. The summed E-state index contributed by atoms with van der Waals surface area (Å²) >= 11 is 0. The highest BCUT2D eigenvalue weighted by Crippen LogP contribution is 2.42. The summed E-state index contributed by atoms with van der Waals surface area (Å²) < 4.78 is 0. The van der Waals surface area contributed by atoms with Crippen LogP contribution in [0.15, 0.2) is 48.5 Å². The Kier molecular flexibility index (Phi) is 3.86. The fraction of sp³-hybridized carbons (Fsp3) is 0.400. The van der Waals surface area contributed by atoms with Crippen LogP contribution in [0.25, 0.3) is 0 Å². The van der Waals surface area contributed by atoms with E-state index in [9.17, 15) is 0 Å². The maximum atomic E-state index is 3.60. The van der Waals surface area contributed by atoms with Crippen LogP contribution < -0.4 is 5.32 Å². The smallest absolute Gasteiger partial charge is 0.0664 e. The van der Waals surface area contributed by atoms with Crippen molar-refractivity contribution in [2.45, 2.75) is 44.6 Å². The molecule has 21 heavy (non-hydrogen) atoms. The van der Waals surface area contributed by atoms with Crippen molar-refractivity contribution in [3.05, 3.63) is 70.8 Å². The maximum absolute atomic E-state index is 3.60. The third-order valence-corrected chi connectivity index (χ3v) is 5.10. The van der Waals surface area contributed by atoms with E-state index in [1.54, 1.807) is 0 Å².